The second-order valence-electron chi connectivity index (χ2n) is 4.84. The van der Waals surface area contributed by atoms with Gasteiger partial charge in [-0.05, 0) is 43.0 Å². The summed E-state index contributed by atoms with van der Waals surface area (Å²) >= 11 is 0. The molecule has 0 aliphatic carbocycles. The maximum absolute atomic E-state index is 12.4. The number of likely N-dealkylation sites (tertiary alicyclic amines) is 1. The smallest absolute Gasteiger partial charge is 0.339 e. The molecule has 0 spiro atoms. The van der Waals surface area contributed by atoms with Gasteiger partial charge in [0.25, 0.3) is 0 Å². The summed E-state index contributed by atoms with van der Waals surface area (Å²) in [5.74, 6) is -0.0791. The molecular formula is C15H16F3NO. The van der Waals surface area contributed by atoms with Gasteiger partial charge in [0.1, 0.15) is 0 Å². The summed E-state index contributed by atoms with van der Waals surface area (Å²) in [4.78, 5) is 13.6. The lowest BCUT2D eigenvalue weighted by Gasteiger charge is -2.25. The molecule has 1 aliphatic heterocycles. The van der Waals surface area contributed by atoms with E-state index in [1.165, 1.54) is 18.2 Å². The van der Waals surface area contributed by atoms with Crippen LogP contribution in [0.5, 0.6) is 0 Å². The highest BCUT2D eigenvalue weighted by Crippen LogP contribution is 2.29. The number of amides is 1. The van der Waals surface area contributed by atoms with E-state index >= 15 is 0 Å². The van der Waals surface area contributed by atoms with Crippen molar-refractivity contribution in [2.75, 3.05) is 13.1 Å². The minimum absolute atomic E-state index is 0.0791. The van der Waals surface area contributed by atoms with Crippen molar-refractivity contribution in [3.05, 3.63) is 41.5 Å². The molecule has 1 saturated heterocycles. The van der Waals surface area contributed by atoms with Crippen molar-refractivity contribution in [3.63, 3.8) is 0 Å². The first-order chi connectivity index (χ1) is 9.47. The van der Waals surface area contributed by atoms with Gasteiger partial charge in [-0.3, -0.25) is 4.79 Å². The Morgan fingerprint density at radius 1 is 1.05 bits per heavy atom. The van der Waals surface area contributed by atoms with Gasteiger partial charge in [0.2, 0.25) is 5.91 Å². The number of hydrogen-bond acceptors (Lipinski definition) is 1. The summed E-state index contributed by atoms with van der Waals surface area (Å²) in [5, 5.41) is 0. The number of nitrogens with zero attached hydrogens (tertiary/aromatic N) is 1. The molecule has 1 fully saturated rings. The van der Waals surface area contributed by atoms with Crippen molar-refractivity contribution in [2.45, 2.75) is 25.4 Å². The van der Waals surface area contributed by atoms with Crippen LogP contribution in [0.3, 0.4) is 0 Å². The highest BCUT2D eigenvalue weighted by molar-refractivity contribution is 5.91. The van der Waals surface area contributed by atoms with Crippen molar-refractivity contribution < 1.29 is 18.0 Å². The molecule has 20 heavy (non-hydrogen) atoms. The number of benzene rings is 1. The Labute approximate surface area is 115 Å². The van der Waals surface area contributed by atoms with Crippen molar-refractivity contribution in [2.24, 2.45) is 0 Å². The van der Waals surface area contributed by atoms with Crippen molar-refractivity contribution in [1.82, 2.24) is 4.90 Å². The topological polar surface area (TPSA) is 20.3 Å². The van der Waals surface area contributed by atoms with E-state index in [1.54, 1.807) is 11.0 Å². The maximum atomic E-state index is 12.4. The van der Waals surface area contributed by atoms with Crippen LogP contribution >= 0.6 is 0 Å². The number of piperidine rings is 1. The number of carbonyl (C=O) groups excluding carboxylic acids is 1. The first-order valence-corrected chi connectivity index (χ1v) is 6.61. The molecule has 2 rings (SSSR count). The summed E-state index contributed by atoms with van der Waals surface area (Å²) in [7, 11) is 0. The van der Waals surface area contributed by atoms with Gasteiger partial charge in [-0.25, -0.2) is 0 Å². The van der Waals surface area contributed by atoms with Crippen LogP contribution in [0.15, 0.2) is 30.3 Å². The Kier molecular flexibility index (Phi) is 4.47. The van der Waals surface area contributed by atoms with E-state index in [2.05, 4.69) is 0 Å². The second kappa shape index (κ2) is 6.11. The van der Waals surface area contributed by atoms with Crippen molar-refractivity contribution in [3.8, 4) is 0 Å². The van der Waals surface area contributed by atoms with Gasteiger partial charge in [-0.15, -0.1) is 0 Å². The summed E-state index contributed by atoms with van der Waals surface area (Å²) in [6.07, 6.45) is 1.82. The molecule has 0 bridgehead atoms. The Morgan fingerprint density at radius 2 is 1.65 bits per heavy atom. The zero-order valence-electron chi connectivity index (χ0n) is 11.0. The van der Waals surface area contributed by atoms with E-state index in [-0.39, 0.29) is 5.91 Å². The fourth-order valence-electron chi connectivity index (χ4n) is 2.17. The van der Waals surface area contributed by atoms with E-state index in [1.807, 2.05) is 0 Å². The lowest BCUT2D eigenvalue weighted by molar-refractivity contribution is -0.137. The summed E-state index contributed by atoms with van der Waals surface area (Å²) in [6, 6.07) is 4.77. The molecular weight excluding hydrogens is 267 g/mol. The average Bonchev–Trinajstić information content (AvgIpc) is 2.45. The van der Waals surface area contributed by atoms with Crippen molar-refractivity contribution in [1.29, 1.82) is 0 Å². The van der Waals surface area contributed by atoms with Crippen LogP contribution in [0.1, 0.15) is 30.4 Å². The van der Waals surface area contributed by atoms with E-state index in [0.717, 1.165) is 44.5 Å². The van der Waals surface area contributed by atoms with Gasteiger partial charge in [-0.1, -0.05) is 12.1 Å². The molecule has 2 nitrogen and oxygen atoms in total. The maximum Gasteiger partial charge on any atom is 0.416 e. The Bertz CT molecular complexity index is 485. The van der Waals surface area contributed by atoms with E-state index in [9.17, 15) is 18.0 Å². The Balaban J connectivity index is 1.98. The number of hydrogen-bond donors (Lipinski definition) is 0. The number of rotatable bonds is 2. The summed E-state index contributed by atoms with van der Waals surface area (Å²) in [5.41, 5.74) is -0.0969. The largest absolute Gasteiger partial charge is 0.416 e. The van der Waals surface area contributed by atoms with Crippen LogP contribution in [-0.2, 0) is 11.0 Å². The predicted octanol–water partition coefficient (Wildman–Crippen LogP) is 3.73. The Hall–Kier alpha value is -1.78. The third-order valence-corrected chi connectivity index (χ3v) is 3.32. The first-order valence-electron chi connectivity index (χ1n) is 6.61. The van der Waals surface area contributed by atoms with Crippen LogP contribution in [-0.4, -0.2) is 23.9 Å². The van der Waals surface area contributed by atoms with Crippen LogP contribution in [0, 0.1) is 0 Å². The van der Waals surface area contributed by atoms with Gasteiger partial charge >= 0.3 is 6.18 Å². The fourth-order valence-corrected chi connectivity index (χ4v) is 2.17. The van der Waals surface area contributed by atoms with E-state index in [4.69, 9.17) is 0 Å². The van der Waals surface area contributed by atoms with Gasteiger partial charge in [0.05, 0.1) is 5.56 Å². The van der Waals surface area contributed by atoms with E-state index in [0.29, 0.717) is 5.56 Å². The van der Waals surface area contributed by atoms with Crippen LogP contribution in [0.4, 0.5) is 13.2 Å². The zero-order valence-corrected chi connectivity index (χ0v) is 11.0. The number of carbonyl (C=O) groups is 1. The van der Waals surface area contributed by atoms with Crippen molar-refractivity contribution >= 4 is 12.0 Å². The fraction of sp³-hybridized carbons (Fsp3) is 0.400. The molecule has 1 aliphatic rings. The molecule has 1 amide bonds. The number of halogens is 3. The SMILES string of the molecule is O=C(C=Cc1ccc(C(F)(F)F)cc1)N1CCCCC1. The van der Waals surface area contributed by atoms with Gasteiger partial charge in [-0.2, -0.15) is 13.2 Å². The third-order valence-electron chi connectivity index (χ3n) is 3.32. The first kappa shape index (κ1) is 14.6. The Morgan fingerprint density at radius 3 is 2.20 bits per heavy atom. The standard InChI is InChI=1S/C15H16F3NO/c16-15(17,18)13-7-4-12(5-8-13)6-9-14(20)19-10-2-1-3-11-19/h4-9H,1-3,10-11H2. The van der Waals surface area contributed by atoms with Gasteiger partial charge in [0.15, 0.2) is 0 Å². The van der Waals surface area contributed by atoms with Gasteiger partial charge in [0, 0.05) is 19.2 Å². The lowest BCUT2D eigenvalue weighted by atomic mass is 10.1. The minimum Gasteiger partial charge on any atom is -0.339 e. The highest BCUT2D eigenvalue weighted by atomic mass is 19.4. The van der Waals surface area contributed by atoms with Crippen LogP contribution in [0.2, 0.25) is 0 Å². The predicted molar refractivity (Wildman–Crippen MR) is 70.9 cm³/mol. The average molecular weight is 283 g/mol. The minimum atomic E-state index is -4.33. The summed E-state index contributed by atoms with van der Waals surface area (Å²) in [6.45, 7) is 1.52. The molecule has 0 aromatic heterocycles. The lowest BCUT2D eigenvalue weighted by Crippen LogP contribution is -2.34. The van der Waals surface area contributed by atoms with Crippen LogP contribution in [0.25, 0.3) is 6.08 Å². The molecule has 1 aromatic rings. The third kappa shape index (κ3) is 3.85. The quantitative estimate of drug-likeness (QED) is 0.757. The molecule has 108 valence electrons. The molecule has 0 atom stereocenters. The molecule has 0 saturated carbocycles. The molecule has 0 radical (unpaired) electrons. The monoisotopic (exact) mass is 283 g/mol. The molecule has 1 aromatic carbocycles. The van der Waals surface area contributed by atoms with Gasteiger partial charge < -0.3 is 4.90 Å². The number of alkyl halides is 3. The van der Waals surface area contributed by atoms with E-state index < -0.39 is 11.7 Å². The normalized spacial score (nSPS) is 16.6. The molecule has 0 N–H and O–H groups in total. The molecule has 0 unspecified atom stereocenters. The molecule has 1 heterocycles. The zero-order chi connectivity index (χ0) is 14.6. The summed E-state index contributed by atoms with van der Waals surface area (Å²) < 4.78 is 37.2. The highest BCUT2D eigenvalue weighted by Gasteiger charge is 2.29. The second-order valence-corrected chi connectivity index (χ2v) is 4.84. The molecule has 5 heteroatoms. The van der Waals surface area contributed by atoms with Crippen LogP contribution < -0.4 is 0 Å².